The van der Waals surface area contributed by atoms with Gasteiger partial charge in [-0.05, 0) is 32.0 Å². The first-order valence-corrected chi connectivity index (χ1v) is 8.74. The average molecular weight is 377 g/mol. The largest absolute Gasteiger partial charge is 0.462 e. The van der Waals surface area contributed by atoms with Crippen LogP contribution in [0.15, 0.2) is 18.2 Å². The Labute approximate surface area is 156 Å². The summed E-state index contributed by atoms with van der Waals surface area (Å²) in [4.78, 5) is 48.1. The van der Waals surface area contributed by atoms with Gasteiger partial charge in [-0.3, -0.25) is 9.59 Å². The molecule has 1 aliphatic heterocycles. The van der Waals surface area contributed by atoms with E-state index in [-0.39, 0.29) is 42.4 Å². The summed E-state index contributed by atoms with van der Waals surface area (Å²) in [5.74, 6) is -1.91. The third kappa shape index (κ3) is 5.78. The van der Waals surface area contributed by atoms with Crippen LogP contribution >= 0.6 is 0 Å². The number of hydrogen-bond donors (Lipinski definition) is 3. The number of amides is 2. The molecule has 2 amide bonds. The normalized spacial score (nSPS) is 16.2. The molecule has 0 unspecified atom stereocenters. The van der Waals surface area contributed by atoms with Gasteiger partial charge in [0, 0.05) is 18.8 Å². The van der Waals surface area contributed by atoms with Crippen LogP contribution in [0, 0.1) is 0 Å². The van der Waals surface area contributed by atoms with Crippen molar-refractivity contribution in [3.05, 3.63) is 29.3 Å². The van der Waals surface area contributed by atoms with E-state index in [1.54, 1.807) is 13.8 Å². The zero-order valence-corrected chi connectivity index (χ0v) is 15.3. The van der Waals surface area contributed by atoms with Gasteiger partial charge in [0.2, 0.25) is 11.8 Å². The second-order valence-electron chi connectivity index (χ2n) is 5.79. The predicted molar refractivity (Wildman–Crippen MR) is 96.4 cm³/mol. The fourth-order valence-corrected chi connectivity index (χ4v) is 2.57. The molecule has 1 aromatic carbocycles. The SMILES string of the molecule is CCOC(=O)c1cc(NC(=O)C[C@H]2NCCNC2=O)cc(C(=O)OCC)c1. The smallest absolute Gasteiger partial charge is 0.338 e. The number of rotatable bonds is 7. The minimum absolute atomic E-state index is 0.0792. The van der Waals surface area contributed by atoms with E-state index in [2.05, 4.69) is 16.0 Å². The number of benzene rings is 1. The van der Waals surface area contributed by atoms with Crippen LogP contribution in [-0.4, -0.2) is 56.1 Å². The Bertz CT molecular complexity index is 698. The molecule has 0 saturated carbocycles. The van der Waals surface area contributed by atoms with Gasteiger partial charge in [-0.25, -0.2) is 9.59 Å². The Morgan fingerprint density at radius 2 is 1.63 bits per heavy atom. The highest BCUT2D eigenvalue weighted by Gasteiger charge is 2.24. The lowest BCUT2D eigenvalue weighted by atomic mass is 10.1. The van der Waals surface area contributed by atoms with E-state index in [1.807, 2.05) is 0 Å². The molecule has 0 aromatic heterocycles. The standard InChI is InChI=1S/C18H23N3O6/c1-3-26-17(24)11-7-12(18(25)27-4-2)9-13(8-11)21-15(22)10-14-16(23)20-6-5-19-14/h7-9,14,19H,3-6,10H2,1-2H3,(H,20,23)(H,21,22)/t14-/m1/s1. The van der Waals surface area contributed by atoms with Crippen molar-refractivity contribution < 1.29 is 28.7 Å². The van der Waals surface area contributed by atoms with Crippen molar-refractivity contribution in [3.63, 3.8) is 0 Å². The van der Waals surface area contributed by atoms with Crippen LogP contribution in [0.4, 0.5) is 5.69 Å². The van der Waals surface area contributed by atoms with Gasteiger partial charge in [0.1, 0.15) is 0 Å². The maximum absolute atomic E-state index is 12.3. The van der Waals surface area contributed by atoms with E-state index in [4.69, 9.17) is 9.47 Å². The van der Waals surface area contributed by atoms with Crippen LogP contribution in [0.3, 0.4) is 0 Å². The first kappa shape index (κ1) is 20.4. The number of ether oxygens (including phenoxy) is 2. The average Bonchev–Trinajstić information content (AvgIpc) is 2.63. The van der Waals surface area contributed by atoms with E-state index >= 15 is 0 Å². The van der Waals surface area contributed by atoms with Gasteiger partial charge in [0.25, 0.3) is 0 Å². The molecular weight excluding hydrogens is 354 g/mol. The first-order valence-electron chi connectivity index (χ1n) is 8.74. The van der Waals surface area contributed by atoms with Crippen LogP contribution in [0.2, 0.25) is 0 Å². The number of carbonyl (C=O) groups is 4. The summed E-state index contributed by atoms with van der Waals surface area (Å²) in [6.45, 7) is 4.77. The Kier molecular flexibility index (Phi) is 7.30. The molecule has 146 valence electrons. The Morgan fingerprint density at radius 1 is 1.04 bits per heavy atom. The fraction of sp³-hybridized carbons (Fsp3) is 0.444. The highest BCUT2D eigenvalue weighted by Crippen LogP contribution is 2.18. The van der Waals surface area contributed by atoms with E-state index in [0.717, 1.165) is 0 Å². The maximum Gasteiger partial charge on any atom is 0.338 e. The Balaban J connectivity index is 2.17. The Morgan fingerprint density at radius 3 is 2.15 bits per heavy atom. The molecule has 3 N–H and O–H groups in total. The summed E-state index contributed by atoms with van der Waals surface area (Å²) >= 11 is 0. The van der Waals surface area contributed by atoms with Gasteiger partial charge >= 0.3 is 11.9 Å². The van der Waals surface area contributed by atoms with E-state index in [0.29, 0.717) is 13.1 Å². The van der Waals surface area contributed by atoms with Crippen molar-refractivity contribution in [2.45, 2.75) is 26.3 Å². The van der Waals surface area contributed by atoms with Gasteiger partial charge in [-0.2, -0.15) is 0 Å². The summed E-state index contributed by atoms with van der Waals surface area (Å²) in [5, 5.41) is 8.24. The minimum atomic E-state index is -0.628. The third-order valence-electron chi connectivity index (χ3n) is 3.76. The molecule has 27 heavy (non-hydrogen) atoms. The molecular formula is C18H23N3O6. The molecule has 1 saturated heterocycles. The molecule has 1 atom stereocenters. The van der Waals surface area contributed by atoms with Crippen molar-refractivity contribution in [2.24, 2.45) is 0 Å². The summed E-state index contributed by atoms with van der Waals surface area (Å²) < 4.78 is 9.90. The third-order valence-corrected chi connectivity index (χ3v) is 3.76. The van der Waals surface area contributed by atoms with Crippen LogP contribution in [0.25, 0.3) is 0 Å². The van der Waals surface area contributed by atoms with Crippen LogP contribution in [0.1, 0.15) is 41.0 Å². The molecule has 0 aliphatic carbocycles. The zero-order valence-electron chi connectivity index (χ0n) is 15.3. The predicted octanol–water partition coefficient (Wildman–Crippen LogP) is 0.457. The van der Waals surface area contributed by atoms with E-state index in [1.165, 1.54) is 18.2 Å². The second kappa shape index (κ2) is 9.67. The number of piperazine rings is 1. The molecule has 1 heterocycles. The van der Waals surface area contributed by atoms with Crippen molar-refractivity contribution in [1.29, 1.82) is 0 Å². The lowest BCUT2D eigenvalue weighted by molar-refractivity contribution is -0.127. The van der Waals surface area contributed by atoms with Gasteiger partial charge in [0.05, 0.1) is 36.8 Å². The van der Waals surface area contributed by atoms with Crippen LogP contribution < -0.4 is 16.0 Å². The molecule has 0 spiro atoms. The minimum Gasteiger partial charge on any atom is -0.462 e. The highest BCUT2D eigenvalue weighted by atomic mass is 16.5. The van der Waals surface area contributed by atoms with Gasteiger partial charge in [-0.1, -0.05) is 0 Å². The molecule has 1 aromatic rings. The molecule has 0 bridgehead atoms. The molecule has 9 heteroatoms. The Hall–Kier alpha value is -2.94. The van der Waals surface area contributed by atoms with Gasteiger partial charge < -0.3 is 25.4 Å². The molecule has 0 radical (unpaired) electrons. The fourth-order valence-electron chi connectivity index (χ4n) is 2.57. The van der Waals surface area contributed by atoms with Crippen LogP contribution in [-0.2, 0) is 19.1 Å². The van der Waals surface area contributed by atoms with E-state index < -0.39 is 23.9 Å². The summed E-state index contributed by atoms with van der Waals surface area (Å²) in [7, 11) is 0. The maximum atomic E-state index is 12.3. The number of nitrogens with one attached hydrogen (secondary N) is 3. The zero-order chi connectivity index (χ0) is 19.8. The highest BCUT2D eigenvalue weighted by molar-refractivity contribution is 6.00. The summed E-state index contributed by atoms with van der Waals surface area (Å²) in [6.07, 6.45) is -0.0792. The summed E-state index contributed by atoms with van der Waals surface area (Å²) in [6, 6.07) is 3.54. The van der Waals surface area contributed by atoms with Crippen molar-refractivity contribution in [3.8, 4) is 0 Å². The summed E-state index contributed by atoms with van der Waals surface area (Å²) in [5.41, 5.74) is 0.474. The molecule has 1 fully saturated rings. The molecule has 9 nitrogen and oxygen atoms in total. The lowest BCUT2D eigenvalue weighted by Crippen LogP contribution is -2.53. The lowest BCUT2D eigenvalue weighted by Gasteiger charge is -2.23. The van der Waals surface area contributed by atoms with Gasteiger partial charge in [0.15, 0.2) is 0 Å². The van der Waals surface area contributed by atoms with Crippen molar-refractivity contribution in [2.75, 3.05) is 31.6 Å². The topological polar surface area (TPSA) is 123 Å². The second-order valence-corrected chi connectivity index (χ2v) is 5.79. The quantitative estimate of drug-likeness (QED) is 0.590. The van der Waals surface area contributed by atoms with Crippen LogP contribution in [0.5, 0.6) is 0 Å². The number of esters is 2. The first-order chi connectivity index (χ1) is 12.9. The van der Waals surface area contributed by atoms with Crippen molar-refractivity contribution >= 4 is 29.4 Å². The monoisotopic (exact) mass is 377 g/mol. The van der Waals surface area contributed by atoms with Crippen molar-refractivity contribution in [1.82, 2.24) is 10.6 Å². The van der Waals surface area contributed by atoms with Gasteiger partial charge in [-0.15, -0.1) is 0 Å². The number of anilines is 1. The molecule has 1 aliphatic rings. The number of hydrogen-bond acceptors (Lipinski definition) is 7. The van der Waals surface area contributed by atoms with E-state index in [9.17, 15) is 19.2 Å². The number of carbonyl (C=O) groups excluding carboxylic acids is 4. The molecule has 2 rings (SSSR count).